The molecule has 0 unspecified atom stereocenters. The average Bonchev–Trinajstić information content (AvgIpc) is 2.99. The normalized spacial score (nSPS) is 25.7. The van der Waals surface area contributed by atoms with Crippen LogP contribution in [0.3, 0.4) is 0 Å². The summed E-state index contributed by atoms with van der Waals surface area (Å²) in [5, 5.41) is -0.00901. The van der Waals surface area contributed by atoms with Gasteiger partial charge in [0.25, 0.3) is 0 Å². The van der Waals surface area contributed by atoms with Crippen molar-refractivity contribution >= 4 is 14.3 Å². The number of esters is 1. The van der Waals surface area contributed by atoms with E-state index in [1.165, 1.54) is 7.11 Å². The Balaban J connectivity index is 2.24. The highest BCUT2D eigenvalue weighted by atomic mass is 28.4. The summed E-state index contributed by atoms with van der Waals surface area (Å²) >= 11 is 0. The zero-order chi connectivity index (χ0) is 21.0. The molecule has 0 bridgehead atoms. The van der Waals surface area contributed by atoms with Crippen LogP contribution in [0.25, 0.3) is 0 Å². The Morgan fingerprint density at radius 1 is 1.21 bits per heavy atom. The van der Waals surface area contributed by atoms with Crippen molar-refractivity contribution in [3.8, 4) is 0 Å². The second-order valence-corrected chi connectivity index (χ2v) is 13.5. The number of methoxy groups -OCH3 is 2. The van der Waals surface area contributed by atoms with Crippen LogP contribution in [-0.4, -0.2) is 53.1 Å². The minimum absolute atomic E-state index is 0.00901. The van der Waals surface area contributed by atoms with E-state index in [0.29, 0.717) is 13.0 Å². The van der Waals surface area contributed by atoms with Crippen LogP contribution < -0.4 is 0 Å². The molecule has 3 atom stereocenters. The highest BCUT2D eigenvalue weighted by Crippen LogP contribution is 2.43. The van der Waals surface area contributed by atoms with Crippen LogP contribution in [0.15, 0.2) is 30.3 Å². The van der Waals surface area contributed by atoms with Crippen molar-refractivity contribution in [2.45, 2.75) is 69.9 Å². The minimum Gasteiger partial charge on any atom is -0.467 e. The largest absolute Gasteiger partial charge is 0.467 e. The summed E-state index contributed by atoms with van der Waals surface area (Å²) in [6, 6.07) is 9.80. The number of carbonyl (C=O) groups is 1. The van der Waals surface area contributed by atoms with Gasteiger partial charge in [0.1, 0.15) is 0 Å². The molecule has 1 aromatic rings. The van der Waals surface area contributed by atoms with Gasteiger partial charge >= 0.3 is 5.97 Å². The maximum absolute atomic E-state index is 12.8. The molecule has 1 aliphatic rings. The predicted molar refractivity (Wildman–Crippen MR) is 109 cm³/mol. The Bertz CT molecular complexity index is 642. The van der Waals surface area contributed by atoms with Gasteiger partial charge in [-0.2, -0.15) is 0 Å². The van der Waals surface area contributed by atoms with Gasteiger partial charge in [0.15, 0.2) is 14.6 Å². The third-order valence-corrected chi connectivity index (χ3v) is 10.2. The number of hydrogen-bond donors (Lipinski definition) is 0. The second-order valence-electron chi connectivity index (χ2n) is 8.75. The van der Waals surface area contributed by atoms with Gasteiger partial charge in [0.2, 0.25) is 5.60 Å². The molecule has 1 saturated heterocycles. The lowest BCUT2D eigenvalue weighted by molar-refractivity contribution is -0.208. The third-order valence-electron chi connectivity index (χ3n) is 5.73. The summed E-state index contributed by atoms with van der Waals surface area (Å²) in [6.45, 7) is 11.2. The fraction of sp³-hybridized carbons (Fsp3) is 0.667. The quantitative estimate of drug-likeness (QED) is 0.478. The van der Waals surface area contributed by atoms with Gasteiger partial charge < -0.3 is 23.4 Å². The Morgan fingerprint density at radius 2 is 1.86 bits per heavy atom. The van der Waals surface area contributed by atoms with Crippen molar-refractivity contribution in [1.29, 1.82) is 0 Å². The van der Waals surface area contributed by atoms with Crippen LogP contribution in [-0.2, 0) is 34.8 Å². The predicted octanol–water partition coefficient (Wildman–Crippen LogP) is 3.90. The average molecular weight is 411 g/mol. The van der Waals surface area contributed by atoms with E-state index in [1.807, 2.05) is 30.3 Å². The number of carbonyl (C=O) groups excluding carboxylic acids is 1. The van der Waals surface area contributed by atoms with Crippen molar-refractivity contribution in [2.75, 3.05) is 20.8 Å². The van der Waals surface area contributed by atoms with E-state index >= 15 is 0 Å². The molecule has 6 nitrogen and oxygen atoms in total. The molecule has 0 saturated carbocycles. The molecule has 0 N–H and O–H groups in total. The van der Waals surface area contributed by atoms with E-state index in [9.17, 15) is 4.79 Å². The SMILES string of the molecule is COC(=O)[C@]1(COCc2ccccc2)O[C@@H](OC)C[C@@H]1O[Si](C)(C)C(C)(C)C. The lowest BCUT2D eigenvalue weighted by Crippen LogP contribution is -2.57. The molecular formula is C21H34O6Si. The molecule has 0 amide bonds. The van der Waals surface area contributed by atoms with Gasteiger partial charge in [0.05, 0.1) is 26.4 Å². The highest BCUT2D eigenvalue weighted by Gasteiger charge is 2.59. The molecule has 1 fully saturated rings. The maximum atomic E-state index is 12.8. The van der Waals surface area contributed by atoms with Crippen LogP contribution in [0.5, 0.6) is 0 Å². The Kier molecular flexibility index (Phi) is 7.44. The van der Waals surface area contributed by atoms with Crippen molar-refractivity contribution < 1.29 is 28.2 Å². The van der Waals surface area contributed by atoms with Crippen molar-refractivity contribution in [1.82, 2.24) is 0 Å². The molecule has 28 heavy (non-hydrogen) atoms. The molecule has 7 heteroatoms. The van der Waals surface area contributed by atoms with E-state index in [4.69, 9.17) is 23.4 Å². The minimum atomic E-state index is -2.16. The van der Waals surface area contributed by atoms with Gasteiger partial charge in [-0.25, -0.2) is 4.79 Å². The fourth-order valence-corrected chi connectivity index (χ4v) is 4.33. The number of rotatable bonds is 8. The van der Waals surface area contributed by atoms with E-state index in [1.54, 1.807) is 7.11 Å². The molecule has 2 rings (SSSR count). The standard InChI is InChI=1S/C21H34O6Si/c1-20(2,3)28(6,7)27-17-13-18(23-4)26-21(17,19(22)24-5)15-25-14-16-11-9-8-10-12-16/h8-12,17-18H,13-15H2,1-7H3/t17-,18+,21+/m0/s1. The van der Waals surface area contributed by atoms with Crippen LogP contribution in [0.1, 0.15) is 32.8 Å². The molecule has 1 aromatic carbocycles. The van der Waals surface area contributed by atoms with Gasteiger partial charge in [0, 0.05) is 13.5 Å². The molecule has 1 aliphatic heterocycles. The zero-order valence-electron chi connectivity index (χ0n) is 18.1. The van der Waals surface area contributed by atoms with Gasteiger partial charge in [-0.05, 0) is 23.7 Å². The fourth-order valence-electron chi connectivity index (χ4n) is 2.98. The first-order valence-electron chi connectivity index (χ1n) is 9.64. The van der Waals surface area contributed by atoms with Crippen LogP contribution in [0.2, 0.25) is 18.1 Å². The molecule has 0 aromatic heterocycles. The topological polar surface area (TPSA) is 63.2 Å². The third kappa shape index (κ3) is 5.02. The summed E-state index contributed by atoms with van der Waals surface area (Å²) in [4.78, 5) is 12.8. The van der Waals surface area contributed by atoms with E-state index < -0.39 is 32.3 Å². The van der Waals surface area contributed by atoms with Crippen LogP contribution in [0.4, 0.5) is 0 Å². The zero-order valence-corrected chi connectivity index (χ0v) is 19.1. The Hall–Kier alpha value is -1.25. The first-order chi connectivity index (χ1) is 13.1. The first kappa shape index (κ1) is 23.0. The Morgan fingerprint density at radius 3 is 2.39 bits per heavy atom. The molecular weight excluding hydrogens is 376 g/mol. The Labute approximate surface area is 169 Å². The monoisotopic (exact) mass is 410 g/mol. The number of ether oxygens (including phenoxy) is 4. The lowest BCUT2D eigenvalue weighted by atomic mass is 9.98. The van der Waals surface area contributed by atoms with E-state index in [0.717, 1.165) is 5.56 Å². The smallest absolute Gasteiger partial charge is 0.343 e. The molecule has 1 heterocycles. The summed E-state index contributed by atoms with van der Waals surface area (Å²) < 4.78 is 29.0. The molecule has 158 valence electrons. The highest BCUT2D eigenvalue weighted by molar-refractivity contribution is 6.74. The number of benzene rings is 1. The summed E-state index contributed by atoms with van der Waals surface area (Å²) in [5.41, 5.74) is -0.328. The van der Waals surface area contributed by atoms with Crippen molar-refractivity contribution in [3.05, 3.63) is 35.9 Å². The molecule has 0 radical (unpaired) electrons. The van der Waals surface area contributed by atoms with E-state index in [2.05, 4.69) is 33.9 Å². The summed E-state index contributed by atoms with van der Waals surface area (Å²) in [5.74, 6) is -0.496. The van der Waals surface area contributed by atoms with Crippen molar-refractivity contribution in [3.63, 3.8) is 0 Å². The van der Waals surface area contributed by atoms with Crippen molar-refractivity contribution in [2.24, 2.45) is 0 Å². The van der Waals surface area contributed by atoms with E-state index in [-0.39, 0.29) is 11.6 Å². The van der Waals surface area contributed by atoms with Gasteiger partial charge in [-0.15, -0.1) is 0 Å². The molecule has 0 spiro atoms. The van der Waals surface area contributed by atoms with Gasteiger partial charge in [-0.3, -0.25) is 0 Å². The first-order valence-corrected chi connectivity index (χ1v) is 12.5. The second kappa shape index (κ2) is 9.05. The van der Waals surface area contributed by atoms with Gasteiger partial charge in [-0.1, -0.05) is 51.1 Å². The summed E-state index contributed by atoms with van der Waals surface area (Å²) in [7, 11) is 0.755. The number of hydrogen-bond acceptors (Lipinski definition) is 6. The lowest BCUT2D eigenvalue weighted by Gasteiger charge is -2.41. The van der Waals surface area contributed by atoms with Crippen LogP contribution >= 0.6 is 0 Å². The molecule has 0 aliphatic carbocycles. The maximum Gasteiger partial charge on any atom is 0.343 e. The van der Waals surface area contributed by atoms with Crippen LogP contribution in [0, 0.1) is 0 Å². The summed E-state index contributed by atoms with van der Waals surface area (Å²) in [6.07, 6.45) is -0.594.